The van der Waals surface area contributed by atoms with Gasteiger partial charge in [-0.3, -0.25) is 4.79 Å². The highest BCUT2D eigenvalue weighted by Gasteiger charge is 2.51. The molecule has 14 heavy (non-hydrogen) atoms. The van der Waals surface area contributed by atoms with Gasteiger partial charge in [0.15, 0.2) is 0 Å². The van der Waals surface area contributed by atoms with Crippen LogP contribution < -0.4 is 10.6 Å². The van der Waals surface area contributed by atoms with Gasteiger partial charge >= 0.3 is 0 Å². The van der Waals surface area contributed by atoms with Crippen molar-refractivity contribution in [3.05, 3.63) is 0 Å². The minimum Gasteiger partial charge on any atom is -0.356 e. The Morgan fingerprint density at radius 3 is 3.29 bits per heavy atom. The van der Waals surface area contributed by atoms with E-state index >= 15 is 0 Å². The third kappa shape index (κ3) is 1.44. The van der Waals surface area contributed by atoms with Crippen LogP contribution in [0.5, 0.6) is 0 Å². The second-order valence-corrected chi connectivity index (χ2v) is 4.63. The van der Waals surface area contributed by atoms with E-state index in [4.69, 9.17) is 0 Å². The van der Waals surface area contributed by atoms with E-state index in [0.29, 0.717) is 11.8 Å². The van der Waals surface area contributed by atoms with Gasteiger partial charge in [0, 0.05) is 13.1 Å². The molecule has 0 aromatic rings. The van der Waals surface area contributed by atoms with Crippen LogP contribution in [0.1, 0.15) is 32.6 Å². The molecule has 2 rings (SSSR count). The van der Waals surface area contributed by atoms with E-state index in [1.54, 1.807) is 0 Å². The maximum absolute atomic E-state index is 12.1. The molecule has 3 nitrogen and oxygen atoms in total. The van der Waals surface area contributed by atoms with Crippen LogP contribution in [0.25, 0.3) is 0 Å². The lowest BCUT2D eigenvalue weighted by Gasteiger charge is -2.26. The Balaban J connectivity index is 2.02. The van der Waals surface area contributed by atoms with Gasteiger partial charge in [-0.05, 0) is 31.7 Å². The summed E-state index contributed by atoms with van der Waals surface area (Å²) in [4.78, 5) is 12.1. The van der Waals surface area contributed by atoms with Gasteiger partial charge in [0.25, 0.3) is 0 Å². The number of hydrogen-bond acceptors (Lipinski definition) is 2. The molecule has 1 heterocycles. The summed E-state index contributed by atoms with van der Waals surface area (Å²) in [5.74, 6) is 0.895. The maximum Gasteiger partial charge on any atom is 0.227 e. The minimum absolute atomic E-state index is 0.0465. The predicted molar refractivity (Wildman–Crippen MR) is 55.9 cm³/mol. The normalized spacial score (nSPS) is 35.6. The van der Waals surface area contributed by atoms with Gasteiger partial charge < -0.3 is 10.6 Å². The Morgan fingerprint density at radius 2 is 2.50 bits per heavy atom. The fourth-order valence-corrected chi connectivity index (χ4v) is 2.94. The van der Waals surface area contributed by atoms with E-state index in [1.165, 1.54) is 12.8 Å². The summed E-state index contributed by atoms with van der Waals surface area (Å²) < 4.78 is 0. The Morgan fingerprint density at radius 1 is 1.64 bits per heavy atom. The zero-order chi connectivity index (χ0) is 10.0. The van der Waals surface area contributed by atoms with Gasteiger partial charge in [0.2, 0.25) is 5.91 Å². The lowest BCUT2D eigenvalue weighted by molar-refractivity contribution is -0.131. The Hall–Kier alpha value is -0.570. The minimum atomic E-state index is -0.0465. The molecule has 3 heteroatoms. The highest BCUT2D eigenvalue weighted by molar-refractivity contribution is 5.84. The molecule has 80 valence electrons. The van der Waals surface area contributed by atoms with Gasteiger partial charge in [-0.2, -0.15) is 0 Å². The standard InChI is InChI=1S/C11H20N2O/c1-2-6-13-10(14)11-5-3-4-9(11)7-12-8-11/h9,12H,2-8H2,1H3,(H,13,14)/t9-,11-/m1/s1. The van der Waals surface area contributed by atoms with E-state index < -0.39 is 0 Å². The lowest BCUT2D eigenvalue weighted by atomic mass is 9.80. The van der Waals surface area contributed by atoms with Crippen LogP contribution in [0.3, 0.4) is 0 Å². The van der Waals surface area contributed by atoms with Gasteiger partial charge in [0.05, 0.1) is 5.41 Å². The summed E-state index contributed by atoms with van der Waals surface area (Å²) in [6, 6.07) is 0. The molecule has 1 saturated carbocycles. The van der Waals surface area contributed by atoms with Crippen molar-refractivity contribution in [1.29, 1.82) is 0 Å². The molecular weight excluding hydrogens is 176 g/mol. The van der Waals surface area contributed by atoms with Crippen molar-refractivity contribution in [1.82, 2.24) is 10.6 Å². The quantitative estimate of drug-likeness (QED) is 0.704. The van der Waals surface area contributed by atoms with Crippen molar-refractivity contribution in [2.24, 2.45) is 11.3 Å². The van der Waals surface area contributed by atoms with Crippen LogP contribution in [0.4, 0.5) is 0 Å². The van der Waals surface area contributed by atoms with E-state index in [2.05, 4.69) is 17.6 Å². The molecule has 2 atom stereocenters. The number of carbonyl (C=O) groups excluding carboxylic acids is 1. The van der Waals surface area contributed by atoms with Crippen molar-refractivity contribution < 1.29 is 4.79 Å². The Bertz CT molecular complexity index is 217. The molecule has 0 aromatic carbocycles. The monoisotopic (exact) mass is 196 g/mol. The molecule has 0 radical (unpaired) electrons. The molecule has 1 saturated heterocycles. The highest BCUT2D eigenvalue weighted by atomic mass is 16.2. The van der Waals surface area contributed by atoms with E-state index in [9.17, 15) is 4.79 Å². The van der Waals surface area contributed by atoms with Crippen molar-refractivity contribution in [2.75, 3.05) is 19.6 Å². The van der Waals surface area contributed by atoms with Crippen molar-refractivity contribution in [3.8, 4) is 0 Å². The first-order valence-corrected chi connectivity index (χ1v) is 5.78. The van der Waals surface area contributed by atoms with Crippen LogP contribution in [0.2, 0.25) is 0 Å². The Labute approximate surface area is 85.6 Å². The third-order valence-electron chi connectivity index (χ3n) is 3.78. The SMILES string of the molecule is CCCNC(=O)[C@@]12CCC[C@@H]1CNC2. The molecule has 2 aliphatic rings. The molecular formula is C11H20N2O. The molecule has 1 aliphatic heterocycles. The number of fused-ring (bicyclic) bond motifs is 1. The summed E-state index contributed by atoms with van der Waals surface area (Å²) in [6.07, 6.45) is 4.57. The van der Waals surface area contributed by atoms with Gasteiger partial charge in [-0.1, -0.05) is 13.3 Å². The molecule has 0 unspecified atom stereocenters. The predicted octanol–water partition coefficient (Wildman–Crippen LogP) is 0.902. The molecule has 0 spiro atoms. The largest absolute Gasteiger partial charge is 0.356 e. The summed E-state index contributed by atoms with van der Waals surface area (Å²) in [6.45, 7) is 4.86. The number of hydrogen-bond donors (Lipinski definition) is 2. The zero-order valence-electron chi connectivity index (χ0n) is 8.94. The van der Waals surface area contributed by atoms with Crippen molar-refractivity contribution in [3.63, 3.8) is 0 Å². The van der Waals surface area contributed by atoms with E-state index in [0.717, 1.165) is 32.5 Å². The number of carbonyl (C=O) groups is 1. The molecule has 2 fully saturated rings. The molecule has 0 bridgehead atoms. The van der Waals surface area contributed by atoms with E-state index in [1.807, 2.05) is 0 Å². The summed E-state index contributed by atoms with van der Waals surface area (Å²) in [5.41, 5.74) is -0.0465. The van der Waals surface area contributed by atoms with Crippen molar-refractivity contribution >= 4 is 5.91 Å². The summed E-state index contributed by atoms with van der Waals surface area (Å²) in [7, 11) is 0. The van der Waals surface area contributed by atoms with Gasteiger partial charge in [-0.15, -0.1) is 0 Å². The topological polar surface area (TPSA) is 41.1 Å². The first-order chi connectivity index (χ1) is 6.79. The number of amides is 1. The first kappa shape index (κ1) is 9.97. The fraction of sp³-hybridized carbons (Fsp3) is 0.909. The number of rotatable bonds is 3. The fourth-order valence-electron chi connectivity index (χ4n) is 2.94. The molecule has 0 aromatic heterocycles. The molecule has 1 amide bonds. The summed E-state index contributed by atoms with van der Waals surface area (Å²) in [5, 5.41) is 6.42. The van der Waals surface area contributed by atoms with Crippen LogP contribution >= 0.6 is 0 Å². The maximum atomic E-state index is 12.1. The summed E-state index contributed by atoms with van der Waals surface area (Å²) >= 11 is 0. The highest BCUT2D eigenvalue weighted by Crippen LogP contribution is 2.45. The Kier molecular flexibility index (Phi) is 2.77. The second-order valence-electron chi connectivity index (χ2n) is 4.63. The number of nitrogens with one attached hydrogen (secondary N) is 2. The van der Waals surface area contributed by atoms with E-state index in [-0.39, 0.29) is 5.41 Å². The van der Waals surface area contributed by atoms with Crippen LogP contribution in [0, 0.1) is 11.3 Å². The van der Waals surface area contributed by atoms with Gasteiger partial charge in [0.1, 0.15) is 0 Å². The lowest BCUT2D eigenvalue weighted by Crippen LogP contribution is -2.44. The van der Waals surface area contributed by atoms with Crippen LogP contribution in [-0.4, -0.2) is 25.5 Å². The smallest absolute Gasteiger partial charge is 0.227 e. The average molecular weight is 196 g/mol. The first-order valence-electron chi connectivity index (χ1n) is 5.78. The van der Waals surface area contributed by atoms with Crippen LogP contribution in [-0.2, 0) is 4.79 Å². The second kappa shape index (κ2) is 3.89. The van der Waals surface area contributed by atoms with Crippen LogP contribution in [0.15, 0.2) is 0 Å². The average Bonchev–Trinajstić information content (AvgIpc) is 2.72. The van der Waals surface area contributed by atoms with Gasteiger partial charge in [-0.25, -0.2) is 0 Å². The third-order valence-corrected chi connectivity index (χ3v) is 3.78. The van der Waals surface area contributed by atoms with Crippen molar-refractivity contribution in [2.45, 2.75) is 32.6 Å². The molecule has 1 aliphatic carbocycles. The zero-order valence-corrected chi connectivity index (χ0v) is 8.94. The molecule has 2 N–H and O–H groups in total.